The summed E-state index contributed by atoms with van der Waals surface area (Å²) in [6.45, 7) is 5.84. The molecule has 0 spiro atoms. The number of aromatic nitrogens is 2. The highest BCUT2D eigenvalue weighted by Crippen LogP contribution is 2.28. The van der Waals surface area contributed by atoms with E-state index in [0.717, 1.165) is 6.07 Å². The number of rotatable bonds is 7. The van der Waals surface area contributed by atoms with Crippen LogP contribution in [0.3, 0.4) is 0 Å². The van der Waals surface area contributed by atoms with Crippen molar-refractivity contribution in [2.75, 3.05) is 0 Å². The van der Waals surface area contributed by atoms with E-state index in [4.69, 9.17) is 9.71 Å². The van der Waals surface area contributed by atoms with Gasteiger partial charge in [-0.15, -0.1) is 0 Å². The summed E-state index contributed by atoms with van der Waals surface area (Å²) in [7, 11) is -4.28. The van der Waals surface area contributed by atoms with Crippen LogP contribution in [-0.4, -0.2) is 18.0 Å². The lowest BCUT2D eigenvalue weighted by Crippen LogP contribution is -2.14. The topological polar surface area (TPSA) is 110 Å². The monoisotopic (exact) mass is 367 g/mol. The number of imidazole rings is 1. The Kier molecular flexibility index (Phi) is 5.66. The minimum absolute atomic E-state index is 0.0838. The Hall–Kier alpha value is -2.58. The zero-order valence-electron chi connectivity index (χ0n) is 14.0. The van der Waals surface area contributed by atoms with Gasteiger partial charge in [-0.05, 0) is 30.5 Å². The van der Waals surface area contributed by atoms with Crippen molar-refractivity contribution in [2.45, 2.75) is 44.8 Å². The third-order valence-electron chi connectivity index (χ3n) is 3.43. The normalized spacial score (nSPS) is 11.4. The van der Waals surface area contributed by atoms with Crippen molar-refractivity contribution in [2.24, 2.45) is 5.11 Å². The first-order valence-corrected chi connectivity index (χ1v) is 9.01. The van der Waals surface area contributed by atoms with Gasteiger partial charge in [-0.3, -0.25) is 0 Å². The summed E-state index contributed by atoms with van der Waals surface area (Å²) < 4.78 is 45.3. The van der Waals surface area contributed by atoms with Crippen LogP contribution in [0, 0.1) is 5.82 Å². The van der Waals surface area contributed by atoms with Crippen molar-refractivity contribution < 1.29 is 17.0 Å². The van der Waals surface area contributed by atoms with Crippen molar-refractivity contribution in [3.05, 3.63) is 52.0 Å². The van der Waals surface area contributed by atoms with Crippen molar-refractivity contribution in [1.82, 2.24) is 9.55 Å². The van der Waals surface area contributed by atoms with Crippen LogP contribution in [0.5, 0.6) is 5.75 Å². The molecule has 0 saturated heterocycles. The Morgan fingerprint density at radius 1 is 1.44 bits per heavy atom. The van der Waals surface area contributed by atoms with Crippen LogP contribution in [0.25, 0.3) is 10.4 Å². The minimum Gasteiger partial charge on any atom is -0.378 e. The van der Waals surface area contributed by atoms with Crippen LogP contribution >= 0.6 is 0 Å². The highest BCUT2D eigenvalue weighted by molar-refractivity contribution is 7.87. The fraction of sp³-hybridized carbons (Fsp3) is 0.400. The van der Waals surface area contributed by atoms with E-state index in [1.54, 1.807) is 4.57 Å². The van der Waals surface area contributed by atoms with E-state index in [1.807, 2.05) is 20.8 Å². The average molecular weight is 367 g/mol. The Morgan fingerprint density at radius 2 is 2.16 bits per heavy atom. The molecule has 2 aromatic rings. The molecular weight excluding hydrogens is 349 g/mol. The first-order valence-electron chi connectivity index (χ1n) is 7.60. The lowest BCUT2D eigenvalue weighted by atomic mass is 10.1. The van der Waals surface area contributed by atoms with E-state index in [1.165, 1.54) is 18.2 Å². The smallest absolute Gasteiger partial charge is 0.358 e. The Balaban J connectivity index is 2.55. The molecule has 0 saturated carbocycles. The molecule has 10 heteroatoms. The molecule has 1 aromatic heterocycles. The van der Waals surface area contributed by atoms with Gasteiger partial charge in [0, 0.05) is 17.5 Å². The van der Waals surface area contributed by atoms with Crippen molar-refractivity contribution in [3.8, 4) is 5.75 Å². The minimum atomic E-state index is -4.28. The van der Waals surface area contributed by atoms with Crippen molar-refractivity contribution in [3.63, 3.8) is 0 Å². The van der Waals surface area contributed by atoms with Gasteiger partial charge in [-0.1, -0.05) is 25.0 Å². The van der Waals surface area contributed by atoms with E-state index >= 15 is 0 Å². The summed E-state index contributed by atoms with van der Waals surface area (Å²) in [5.74, 6) is -0.601. The summed E-state index contributed by atoms with van der Waals surface area (Å²) in [6, 6.07) is 4.85. The van der Waals surface area contributed by atoms with Gasteiger partial charge in [-0.2, -0.15) is 8.42 Å². The quantitative estimate of drug-likeness (QED) is 0.321. The van der Waals surface area contributed by atoms with Crippen LogP contribution in [0.4, 0.5) is 4.39 Å². The first kappa shape index (κ1) is 18.8. The molecule has 0 aliphatic carbocycles. The van der Waals surface area contributed by atoms with Gasteiger partial charge in [0.2, 0.25) is 5.03 Å². The number of hydrogen-bond acceptors (Lipinski definition) is 5. The highest BCUT2D eigenvalue weighted by Gasteiger charge is 2.30. The van der Waals surface area contributed by atoms with Gasteiger partial charge in [0.15, 0.2) is 0 Å². The second kappa shape index (κ2) is 7.54. The summed E-state index contributed by atoms with van der Waals surface area (Å²) in [4.78, 5) is 6.80. The van der Waals surface area contributed by atoms with E-state index in [9.17, 15) is 12.8 Å². The van der Waals surface area contributed by atoms with E-state index in [-0.39, 0.29) is 23.2 Å². The molecule has 1 heterocycles. The molecular formula is C15H18FN5O3S. The molecule has 0 amide bonds. The molecule has 0 aliphatic rings. The number of hydrogen-bond donors (Lipinski definition) is 0. The average Bonchev–Trinajstić information content (AvgIpc) is 2.92. The number of halogens is 1. The SMILES string of the molecule is CCn1c(CN=[N+]=[N-])nc(S(=O)(=O)Oc2cccc(F)c2)c1C(C)C. The Labute approximate surface area is 145 Å². The van der Waals surface area contributed by atoms with Crippen LogP contribution in [0.1, 0.15) is 38.2 Å². The Bertz CT molecular complexity index is 917. The van der Waals surface area contributed by atoms with E-state index < -0.39 is 15.9 Å². The molecule has 25 heavy (non-hydrogen) atoms. The number of nitrogens with zero attached hydrogens (tertiary/aromatic N) is 5. The van der Waals surface area contributed by atoms with Crippen molar-refractivity contribution in [1.29, 1.82) is 0 Å². The van der Waals surface area contributed by atoms with Gasteiger partial charge >= 0.3 is 10.1 Å². The van der Waals surface area contributed by atoms with Gasteiger partial charge in [-0.25, -0.2) is 9.37 Å². The molecule has 0 fully saturated rings. The molecule has 0 bridgehead atoms. The molecule has 134 valence electrons. The second-order valence-electron chi connectivity index (χ2n) is 5.50. The summed E-state index contributed by atoms with van der Waals surface area (Å²) in [5.41, 5.74) is 8.95. The second-order valence-corrected chi connectivity index (χ2v) is 6.96. The fourth-order valence-electron chi connectivity index (χ4n) is 2.49. The zero-order chi connectivity index (χ0) is 18.6. The predicted molar refractivity (Wildman–Crippen MR) is 89.1 cm³/mol. The van der Waals surface area contributed by atoms with Gasteiger partial charge in [0.1, 0.15) is 17.4 Å². The van der Waals surface area contributed by atoms with E-state index in [2.05, 4.69) is 15.0 Å². The third-order valence-corrected chi connectivity index (χ3v) is 4.62. The standard InChI is InChI=1S/C15H18FN5O3S/c1-4-21-13(9-18-20-17)19-15(14(21)10(2)3)25(22,23)24-12-7-5-6-11(16)8-12/h5-8,10H,4,9H2,1-3H3. The number of azide groups is 1. The van der Waals surface area contributed by atoms with Gasteiger partial charge < -0.3 is 8.75 Å². The summed E-state index contributed by atoms with van der Waals surface area (Å²) in [6.07, 6.45) is 0. The lowest BCUT2D eigenvalue weighted by molar-refractivity contribution is 0.477. The molecule has 0 atom stereocenters. The van der Waals surface area contributed by atoms with Crippen LogP contribution in [0.15, 0.2) is 34.4 Å². The lowest BCUT2D eigenvalue weighted by Gasteiger charge is -2.13. The van der Waals surface area contributed by atoms with Crippen LogP contribution in [-0.2, 0) is 23.2 Å². The van der Waals surface area contributed by atoms with Crippen LogP contribution in [0.2, 0.25) is 0 Å². The number of benzene rings is 1. The Morgan fingerprint density at radius 3 is 2.72 bits per heavy atom. The highest BCUT2D eigenvalue weighted by atomic mass is 32.2. The van der Waals surface area contributed by atoms with Crippen molar-refractivity contribution >= 4 is 10.1 Å². The fourth-order valence-corrected chi connectivity index (χ4v) is 3.74. The third kappa shape index (κ3) is 4.09. The predicted octanol–water partition coefficient (Wildman–Crippen LogP) is 3.74. The summed E-state index contributed by atoms with van der Waals surface area (Å²) >= 11 is 0. The molecule has 2 rings (SSSR count). The molecule has 0 radical (unpaired) electrons. The van der Waals surface area contributed by atoms with Gasteiger partial charge in [0.05, 0.1) is 12.2 Å². The maximum absolute atomic E-state index is 13.3. The summed E-state index contributed by atoms with van der Waals surface area (Å²) in [5, 5.41) is 3.20. The molecule has 1 aromatic carbocycles. The molecule has 0 unspecified atom stereocenters. The van der Waals surface area contributed by atoms with E-state index in [0.29, 0.717) is 18.1 Å². The zero-order valence-corrected chi connectivity index (χ0v) is 14.9. The molecule has 0 N–H and O–H groups in total. The molecule has 8 nitrogen and oxygen atoms in total. The largest absolute Gasteiger partial charge is 0.378 e. The van der Waals surface area contributed by atoms with Gasteiger partial charge in [0.25, 0.3) is 0 Å². The molecule has 0 aliphatic heterocycles. The maximum Gasteiger partial charge on any atom is 0.358 e. The first-order chi connectivity index (χ1) is 11.8. The maximum atomic E-state index is 13.3. The van der Waals surface area contributed by atoms with Crippen LogP contribution < -0.4 is 4.18 Å².